The van der Waals surface area contributed by atoms with Crippen molar-refractivity contribution in [3.63, 3.8) is 0 Å². The molecule has 1 fully saturated rings. The number of methoxy groups -OCH3 is 2. The Labute approximate surface area is 228 Å². The molecule has 3 aromatic rings. The maximum Gasteiger partial charge on any atom is 0.247 e. The second-order valence-electron chi connectivity index (χ2n) is 9.21. The summed E-state index contributed by atoms with van der Waals surface area (Å²) in [5.41, 5.74) is 2.34. The minimum Gasteiger partial charge on any atom is -0.493 e. The van der Waals surface area contributed by atoms with Crippen LogP contribution in [-0.2, 0) is 27.3 Å². The Morgan fingerprint density at radius 3 is 2.37 bits per heavy atom. The first-order valence-corrected chi connectivity index (χ1v) is 13.1. The molecule has 200 valence electrons. The first-order valence-electron chi connectivity index (χ1n) is 12.7. The quantitative estimate of drug-likeness (QED) is 0.374. The molecule has 0 aromatic heterocycles. The minimum atomic E-state index is -0.832. The van der Waals surface area contributed by atoms with E-state index in [1.54, 1.807) is 43.4 Å². The topological polar surface area (TPSA) is 77.1 Å². The smallest absolute Gasteiger partial charge is 0.247 e. The number of amides is 2. The van der Waals surface area contributed by atoms with Crippen molar-refractivity contribution in [2.75, 3.05) is 27.4 Å². The lowest BCUT2D eigenvalue weighted by molar-refractivity contribution is -0.141. The molecule has 1 aliphatic rings. The molecule has 0 saturated carbocycles. The Morgan fingerprint density at radius 2 is 1.71 bits per heavy atom. The molecule has 8 heteroatoms. The number of hydrogen-bond donors (Lipinski definition) is 1. The van der Waals surface area contributed by atoms with E-state index in [1.165, 1.54) is 0 Å². The van der Waals surface area contributed by atoms with E-state index >= 15 is 0 Å². The van der Waals surface area contributed by atoms with E-state index in [-0.39, 0.29) is 30.9 Å². The Kier molecular flexibility index (Phi) is 9.62. The third-order valence-corrected chi connectivity index (χ3v) is 6.85. The summed E-state index contributed by atoms with van der Waals surface area (Å²) >= 11 is 6.11. The van der Waals surface area contributed by atoms with Gasteiger partial charge in [0.25, 0.3) is 0 Å². The van der Waals surface area contributed by atoms with Crippen LogP contribution in [-0.4, -0.2) is 50.2 Å². The third kappa shape index (κ3) is 7.05. The highest BCUT2D eigenvalue weighted by Gasteiger charge is 2.32. The predicted octanol–water partition coefficient (Wildman–Crippen LogP) is 4.97. The van der Waals surface area contributed by atoms with Gasteiger partial charge < -0.3 is 24.4 Å². The molecule has 38 heavy (non-hydrogen) atoms. The number of carbonyl (C=O) groups is 2. The zero-order valence-electron chi connectivity index (χ0n) is 21.7. The molecule has 0 radical (unpaired) electrons. The Hall–Kier alpha value is -3.55. The van der Waals surface area contributed by atoms with Crippen LogP contribution >= 0.6 is 11.6 Å². The number of ether oxygens (including phenoxy) is 3. The number of halogens is 1. The molecule has 0 spiro atoms. The molecule has 7 nitrogen and oxygen atoms in total. The van der Waals surface area contributed by atoms with Crippen molar-refractivity contribution in [3.8, 4) is 11.5 Å². The van der Waals surface area contributed by atoms with Crippen molar-refractivity contribution in [3.05, 3.63) is 94.5 Å². The number of carbonyl (C=O) groups excluding carboxylic acids is 2. The zero-order valence-corrected chi connectivity index (χ0v) is 22.4. The van der Waals surface area contributed by atoms with E-state index in [4.69, 9.17) is 25.8 Å². The third-order valence-electron chi connectivity index (χ3n) is 6.59. The molecule has 2 amide bonds. The van der Waals surface area contributed by atoms with E-state index in [1.807, 2.05) is 48.5 Å². The molecule has 3 aromatic carbocycles. The van der Waals surface area contributed by atoms with E-state index in [2.05, 4.69) is 5.32 Å². The largest absolute Gasteiger partial charge is 0.493 e. The monoisotopic (exact) mass is 536 g/mol. The summed E-state index contributed by atoms with van der Waals surface area (Å²) in [6, 6.07) is 21.2. The fourth-order valence-corrected chi connectivity index (χ4v) is 4.73. The first kappa shape index (κ1) is 27.5. The molecular formula is C30H33ClN2O5. The van der Waals surface area contributed by atoms with Crippen LogP contribution in [0.25, 0.3) is 0 Å². The summed E-state index contributed by atoms with van der Waals surface area (Å²) in [4.78, 5) is 29.3. The van der Waals surface area contributed by atoms with Crippen LogP contribution in [0, 0.1) is 0 Å². The molecule has 2 atom stereocenters. The van der Waals surface area contributed by atoms with Gasteiger partial charge in [0.1, 0.15) is 6.04 Å². The molecule has 2 unspecified atom stereocenters. The van der Waals surface area contributed by atoms with E-state index < -0.39 is 6.04 Å². The highest BCUT2D eigenvalue weighted by molar-refractivity contribution is 6.30. The molecule has 1 heterocycles. The number of nitrogens with one attached hydrogen (secondary N) is 1. The summed E-state index contributed by atoms with van der Waals surface area (Å²) in [6.07, 6.45) is 1.96. The molecule has 1 aliphatic heterocycles. The Bertz CT molecular complexity index is 1210. The minimum absolute atomic E-state index is 0.0115. The van der Waals surface area contributed by atoms with Crippen LogP contribution in [0.4, 0.5) is 0 Å². The van der Waals surface area contributed by atoms with Crippen LogP contribution in [0.3, 0.4) is 0 Å². The second kappa shape index (κ2) is 13.3. The average Bonchev–Trinajstić information content (AvgIpc) is 3.47. The van der Waals surface area contributed by atoms with Crippen LogP contribution in [0.15, 0.2) is 72.8 Å². The van der Waals surface area contributed by atoms with Gasteiger partial charge in [0, 0.05) is 24.7 Å². The number of hydrogen-bond acceptors (Lipinski definition) is 5. The molecule has 0 aliphatic carbocycles. The summed E-state index contributed by atoms with van der Waals surface area (Å²) in [5.74, 6) is 0.669. The highest BCUT2D eigenvalue weighted by atomic mass is 35.5. The van der Waals surface area contributed by atoms with Crippen molar-refractivity contribution >= 4 is 23.4 Å². The second-order valence-corrected chi connectivity index (χ2v) is 9.64. The Morgan fingerprint density at radius 1 is 1.00 bits per heavy atom. The van der Waals surface area contributed by atoms with Gasteiger partial charge in [-0.3, -0.25) is 9.59 Å². The summed E-state index contributed by atoms with van der Waals surface area (Å²) < 4.78 is 16.5. The number of rotatable bonds is 11. The fourth-order valence-electron chi connectivity index (χ4n) is 4.60. The van der Waals surface area contributed by atoms with Crippen molar-refractivity contribution in [1.29, 1.82) is 0 Å². The summed E-state index contributed by atoms with van der Waals surface area (Å²) in [5, 5.41) is 3.64. The Balaban J connectivity index is 1.66. The van der Waals surface area contributed by atoms with Gasteiger partial charge in [-0.1, -0.05) is 60.1 Å². The van der Waals surface area contributed by atoms with Crippen LogP contribution in [0.2, 0.25) is 5.02 Å². The van der Waals surface area contributed by atoms with Gasteiger partial charge in [-0.15, -0.1) is 0 Å². The van der Waals surface area contributed by atoms with Gasteiger partial charge in [0.15, 0.2) is 11.5 Å². The molecular weight excluding hydrogens is 504 g/mol. The van der Waals surface area contributed by atoms with Crippen LogP contribution in [0.1, 0.15) is 35.6 Å². The predicted molar refractivity (Wildman–Crippen MR) is 146 cm³/mol. The standard InChI is InChI=1S/C30H33ClN2O5/c1-36-26-15-12-22(17-27(26)37-2)18-28(34)33(20-21-10-13-24(31)14-11-21)29(23-7-4-3-5-8-23)30(35)32-19-25-9-6-16-38-25/h3-5,7-8,10-15,17,25,29H,6,9,16,18-20H2,1-2H3,(H,32,35). The first-order chi connectivity index (χ1) is 18.5. The van der Waals surface area contributed by atoms with Gasteiger partial charge in [0.2, 0.25) is 11.8 Å². The molecule has 1 N–H and O–H groups in total. The summed E-state index contributed by atoms with van der Waals surface area (Å²) in [6.45, 7) is 1.34. The van der Waals surface area contributed by atoms with Crippen molar-refractivity contribution in [2.24, 2.45) is 0 Å². The number of nitrogens with zero attached hydrogens (tertiary/aromatic N) is 1. The lowest BCUT2D eigenvalue weighted by atomic mass is 10.0. The fraction of sp³-hybridized carbons (Fsp3) is 0.333. The maximum atomic E-state index is 13.9. The highest BCUT2D eigenvalue weighted by Crippen LogP contribution is 2.30. The normalized spacial score (nSPS) is 15.5. The van der Waals surface area contributed by atoms with Gasteiger partial charge in [0.05, 0.1) is 26.7 Å². The molecule has 1 saturated heterocycles. The number of benzene rings is 3. The summed E-state index contributed by atoms with van der Waals surface area (Å²) in [7, 11) is 3.12. The van der Waals surface area contributed by atoms with Gasteiger partial charge >= 0.3 is 0 Å². The van der Waals surface area contributed by atoms with E-state index in [0.717, 1.165) is 29.5 Å². The van der Waals surface area contributed by atoms with Gasteiger partial charge in [-0.05, 0) is 53.8 Å². The average molecular weight is 537 g/mol. The van der Waals surface area contributed by atoms with Crippen molar-refractivity contribution in [2.45, 2.75) is 38.0 Å². The zero-order chi connectivity index (χ0) is 26.9. The van der Waals surface area contributed by atoms with Crippen LogP contribution < -0.4 is 14.8 Å². The van der Waals surface area contributed by atoms with Gasteiger partial charge in [-0.25, -0.2) is 0 Å². The van der Waals surface area contributed by atoms with E-state index in [9.17, 15) is 9.59 Å². The molecule has 4 rings (SSSR count). The van der Waals surface area contributed by atoms with E-state index in [0.29, 0.717) is 29.7 Å². The SMILES string of the molecule is COc1ccc(CC(=O)N(Cc2ccc(Cl)cc2)C(C(=O)NCC2CCCO2)c2ccccc2)cc1OC. The maximum absolute atomic E-state index is 13.9. The lowest BCUT2D eigenvalue weighted by Crippen LogP contribution is -2.45. The lowest BCUT2D eigenvalue weighted by Gasteiger charge is -2.32. The van der Waals surface area contributed by atoms with Crippen molar-refractivity contribution in [1.82, 2.24) is 10.2 Å². The molecule has 0 bridgehead atoms. The van der Waals surface area contributed by atoms with Gasteiger partial charge in [-0.2, -0.15) is 0 Å². The van der Waals surface area contributed by atoms with Crippen molar-refractivity contribution < 1.29 is 23.8 Å². The van der Waals surface area contributed by atoms with Crippen LogP contribution in [0.5, 0.6) is 11.5 Å².